The molecule has 5 nitrogen and oxygen atoms in total. The Bertz CT molecular complexity index is 877. The lowest BCUT2D eigenvalue weighted by atomic mass is 10.2. The van der Waals surface area contributed by atoms with Crippen molar-refractivity contribution in [3.63, 3.8) is 0 Å². The first kappa shape index (κ1) is 18.8. The Hall–Kier alpha value is -1.96. The second-order valence-electron chi connectivity index (χ2n) is 6.39. The maximum absolute atomic E-state index is 13.0. The zero-order valence-corrected chi connectivity index (χ0v) is 16.4. The number of hydrogen-bond donors (Lipinski definition) is 2. The van der Waals surface area contributed by atoms with E-state index in [0.717, 1.165) is 30.5 Å². The third kappa shape index (κ3) is 4.41. The second-order valence-corrected chi connectivity index (χ2v) is 8.70. The summed E-state index contributed by atoms with van der Waals surface area (Å²) in [6.07, 6.45) is 2.93. The number of benzene rings is 2. The molecule has 0 aromatic heterocycles. The van der Waals surface area contributed by atoms with Gasteiger partial charge in [0.15, 0.2) is 5.11 Å². The minimum absolute atomic E-state index is 0.340. The standard InChI is InChI=1S/C19H23N3O2S2/c1-15-10-11-17(21-19(25)20-16-8-4-2-5-9-16)14-18(15)26(23,24)22-12-6-3-7-13-22/h2,4-5,8-11,14H,3,6-7,12-13H2,1H3,(H2,20,21,25). The lowest BCUT2D eigenvalue weighted by Gasteiger charge is -2.26. The van der Waals surface area contributed by atoms with Crippen LogP contribution < -0.4 is 10.6 Å². The van der Waals surface area contributed by atoms with Crippen molar-refractivity contribution in [2.75, 3.05) is 23.7 Å². The first-order valence-corrected chi connectivity index (χ1v) is 10.6. The fourth-order valence-corrected chi connectivity index (χ4v) is 5.02. The lowest BCUT2D eigenvalue weighted by molar-refractivity contribution is 0.346. The van der Waals surface area contributed by atoms with Crippen LogP contribution in [0.2, 0.25) is 0 Å². The number of para-hydroxylation sites is 1. The van der Waals surface area contributed by atoms with E-state index in [2.05, 4.69) is 10.6 Å². The zero-order chi connectivity index (χ0) is 18.6. The van der Waals surface area contributed by atoms with Gasteiger partial charge in [-0.25, -0.2) is 8.42 Å². The Kier molecular flexibility index (Phi) is 5.90. The van der Waals surface area contributed by atoms with E-state index in [-0.39, 0.29) is 0 Å². The molecular weight excluding hydrogens is 366 g/mol. The third-order valence-electron chi connectivity index (χ3n) is 4.41. The predicted octanol–water partition coefficient (Wildman–Crippen LogP) is 3.98. The summed E-state index contributed by atoms with van der Waals surface area (Å²) in [5.74, 6) is 0. The molecule has 1 fully saturated rings. The molecular formula is C19H23N3O2S2. The van der Waals surface area contributed by atoms with Gasteiger partial charge in [0.05, 0.1) is 4.90 Å². The van der Waals surface area contributed by atoms with Crippen LogP contribution >= 0.6 is 12.2 Å². The van der Waals surface area contributed by atoms with Crippen LogP contribution in [0, 0.1) is 6.92 Å². The molecule has 0 amide bonds. The van der Waals surface area contributed by atoms with Crippen molar-refractivity contribution in [1.29, 1.82) is 0 Å². The molecule has 138 valence electrons. The number of nitrogens with zero attached hydrogens (tertiary/aromatic N) is 1. The highest BCUT2D eigenvalue weighted by atomic mass is 32.2. The minimum Gasteiger partial charge on any atom is -0.332 e. The number of sulfonamides is 1. The van der Waals surface area contributed by atoms with Gasteiger partial charge < -0.3 is 10.6 Å². The fraction of sp³-hybridized carbons (Fsp3) is 0.316. The van der Waals surface area contributed by atoms with Gasteiger partial charge in [-0.3, -0.25) is 0 Å². The first-order chi connectivity index (χ1) is 12.5. The molecule has 3 rings (SSSR count). The number of hydrogen-bond acceptors (Lipinski definition) is 3. The minimum atomic E-state index is -3.48. The van der Waals surface area contributed by atoms with Crippen molar-refractivity contribution in [3.8, 4) is 0 Å². The Morgan fingerprint density at radius 1 is 0.962 bits per heavy atom. The van der Waals surface area contributed by atoms with Gasteiger partial charge >= 0.3 is 0 Å². The van der Waals surface area contributed by atoms with Crippen molar-refractivity contribution in [2.24, 2.45) is 0 Å². The molecule has 2 aromatic carbocycles. The van der Waals surface area contributed by atoms with Gasteiger partial charge in [-0.1, -0.05) is 30.7 Å². The van der Waals surface area contributed by atoms with E-state index in [1.807, 2.05) is 49.4 Å². The Labute approximate surface area is 160 Å². The number of anilines is 2. The predicted molar refractivity (Wildman–Crippen MR) is 110 cm³/mol. The van der Waals surface area contributed by atoms with Gasteiger partial charge in [-0.05, 0) is 61.8 Å². The van der Waals surface area contributed by atoms with Crippen LogP contribution in [-0.2, 0) is 10.0 Å². The Morgan fingerprint density at radius 3 is 2.31 bits per heavy atom. The zero-order valence-electron chi connectivity index (χ0n) is 14.7. The molecule has 1 heterocycles. The molecule has 2 N–H and O–H groups in total. The smallest absolute Gasteiger partial charge is 0.243 e. The summed E-state index contributed by atoms with van der Waals surface area (Å²) in [6, 6.07) is 14.9. The summed E-state index contributed by atoms with van der Waals surface area (Å²) in [5, 5.41) is 6.58. The van der Waals surface area contributed by atoms with Crippen molar-refractivity contribution in [1.82, 2.24) is 4.31 Å². The molecule has 2 aromatic rings. The Balaban J connectivity index is 1.78. The molecule has 0 aliphatic carbocycles. The topological polar surface area (TPSA) is 61.4 Å². The molecule has 0 radical (unpaired) electrons. The first-order valence-electron chi connectivity index (χ1n) is 8.71. The molecule has 1 aliphatic heterocycles. The van der Waals surface area contributed by atoms with Crippen molar-refractivity contribution >= 4 is 38.7 Å². The average Bonchev–Trinajstić information content (AvgIpc) is 2.64. The van der Waals surface area contributed by atoms with Gasteiger partial charge in [0, 0.05) is 24.5 Å². The average molecular weight is 390 g/mol. The van der Waals surface area contributed by atoms with E-state index in [4.69, 9.17) is 12.2 Å². The highest BCUT2D eigenvalue weighted by molar-refractivity contribution is 7.89. The van der Waals surface area contributed by atoms with Crippen LogP contribution in [0.3, 0.4) is 0 Å². The van der Waals surface area contributed by atoms with Gasteiger partial charge in [0.25, 0.3) is 0 Å². The molecule has 0 spiro atoms. The van der Waals surface area contributed by atoms with Crippen LogP contribution in [0.4, 0.5) is 11.4 Å². The summed E-state index contributed by atoms with van der Waals surface area (Å²) in [6.45, 7) is 3.00. The van der Waals surface area contributed by atoms with E-state index in [1.165, 1.54) is 0 Å². The molecule has 26 heavy (non-hydrogen) atoms. The van der Waals surface area contributed by atoms with E-state index in [9.17, 15) is 8.42 Å². The lowest BCUT2D eigenvalue weighted by Crippen LogP contribution is -2.36. The quantitative estimate of drug-likeness (QED) is 0.775. The van der Waals surface area contributed by atoms with Crippen LogP contribution in [0.25, 0.3) is 0 Å². The van der Waals surface area contributed by atoms with Gasteiger partial charge in [0.2, 0.25) is 10.0 Å². The molecule has 0 unspecified atom stereocenters. The van der Waals surface area contributed by atoms with Crippen molar-refractivity contribution < 1.29 is 8.42 Å². The number of rotatable bonds is 4. The van der Waals surface area contributed by atoms with Crippen LogP contribution in [0.1, 0.15) is 24.8 Å². The van der Waals surface area contributed by atoms with E-state index in [0.29, 0.717) is 28.8 Å². The maximum Gasteiger partial charge on any atom is 0.243 e. The van der Waals surface area contributed by atoms with Gasteiger partial charge in [-0.15, -0.1) is 0 Å². The molecule has 0 atom stereocenters. The monoisotopic (exact) mass is 389 g/mol. The summed E-state index contributed by atoms with van der Waals surface area (Å²) < 4.78 is 27.6. The number of thiocarbonyl (C=S) groups is 1. The Morgan fingerprint density at radius 2 is 1.62 bits per heavy atom. The summed E-state index contributed by atoms with van der Waals surface area (Å²) >= 11 is 5.33. The summed E-state index contributed by atoms with van der Waals surface area (Å²) in [5.41, 5.74) is 2.26. The van der Waals surface area contributed by atoms with Crippen LogP contribution in [-0.4, -0.2) is 30.9 Å². The number of nitrogens with one attached hydrogen (secondary N) is 2. The summed E-state index contributed by atoms with van der Waals surface area (Å²) in [4.78, 5) is 0.340. The molecule has 0 saturated carbocycles. The SMILES string of the molecule is Cc1ccc(NC(=S)Nc2ccccc2)cc1S(=O)(=O)N1CCCCC1. The van der Waals surface area contributed by atoms with Gasteiger partial charge in [-0.2, -0.15) is 4.31 Å². The summed E-state index contributed by atoms with van der Waals surface area (Å²) in [7, 11) is -3.48. The highest BCUT2D eigenvalue weighted by Gasteiger charge is 2.27. The molecule has 1 aliphatic rings. The van der Waals surface area contributed by atoms with Gasteiger partial charge in [0.1, 0.15) is 0 Å². The van der Waals surface area contributed by atoms with Crippen LogP contribution in [0.15, 0.2) is 53.4 Å². The van der Waals surface area contributed by atoms with E-state index in [1.54, 1.807) is 10.4 Å². The molecule has 1 saturated heterocycles. The molecule has 0 bridgehead atoms. The second kappa shape index (κ2) is 8.16. The highest BCUT2D eigenvalue weighted by Crippen LogP contribution is 2.26. The van der Waals surface area contributed by atoms with E-state index >= 15 is 0 Å². The molecule has 7 heteroatoms. The normalized spacial score (nSPS) is 15.4. The maximum atomic E-state index is 13.0. The van der Waals surface area contributed by atoms with Crippen molar-refractivity contribution in [2.45, 2.75) is 31.1 Å². The van der Waals surface area contributed by atoms with Crippen molar-refractivity contribution in [3.05, 3.63) is 54.1 Å². The largest absolute Gasteiger partial charge is 0.332 e. The van der Waals surface area contributed by atoms with Crippen LogP contribution in [0.5, 0.6) is 0 Å². The third-order valence-corrected chi connectivity index (χ3v) is 6.66. The number of aryl methyl sites for hydroxylation is 1. The fourth-order valence-electron chi connectivity index (χ4n) is 3.02. The number of piperidine rings is 1. The van der Waals surface area contributed by atoms with E-state index < -0.39 is 10.0 Å².